The highest BCUT2D eigenvalue weighted by Gasteiger charge is 2.15. The van der Waals surface area contributed by atoms with Crippen molar-refractivity contribution in [3.8, 4) is 5.69 Å². The van der Waals surface area contributed by atoms with Crippen LogP contribution in [0, 0.1) is 6.92 Å². The van der Waals surface area contributed by atoms with Gasteiger partial charge in [0.05, 0.1) is 11.9 Å². The molecular formula is C25H26N8O. The summed E-state index contributed by atoms with van der Waals surface area (Å²) in [6, 6.07) is 18.9. The largest absolute Gasteiger partial charge is 0.356 e. The first-order valence-electron chi connectivity index (χ1n) is 11.4. The van der Waals surface area contributed by atoms with Gasteiger partial charge < -0.3 is 15.5 Å². The Morgan fingerprint density at radius 3 is 2.41 bits per heavy atom. The lowest BCUT2D eigenvalue weighted by Gasteiger charge is -2.28. The van der Waals surface area contributed by atoms with Gasteiger partial charge in [-0.1, -0.05) is 18.2 Å². The van der Waals surface area contributed by atoms with Gasteiger partial charge in [-0.15, -0.1) is 5.10 Å². The minimum absolute atomic E-state index is 0.240. The highest BCUT2D eigenvalue weighted by atomic mass is 16.2. The number of para-hydroxylation sites is 1. The molecule has 9 heteroatoms. The van der Waals surface area contributed by atoms with Crippen LogP contribution in [0.2, 0.25) is 0 Å². The number of aryl methyl sites for hydroxylation is 1. The van der Waals surface area contributed by atoms with Crippen LogP contribution in [0.4, 0.5) is 23.1 Å². The molecule has 0 aliphatic carbocycles. The molecule has 0 unspecified atom stereocenters. The van der Waals surface area contributed by atoms with Crippen molar-refractivity contribution in [2.24, 2.45) is 0 Å². The second-order valence-electron chi connectivity index (χ2n) is 8.25. The SMILES string of the molecule is Cc1cc(N2CCCCC2)nc(Nc2ccc(NC(=O)c3cnn(-c4ccccc4)n3)cc2)n1. The highest BCUT2D eigenvalue weighted by Crippen LogP contribution is 2.22. The van der Waals surface area contributed by atoms with Gasteiger partial charge in [0, 0.05) is 36.2 Å². The Balaban J connectivity index is 1.23. The van der Waals surface area contributed by atoms with Crippen LogP contribution in [0.15, 0.2) is 66.9 Å². The molecule has 0 atom stereocenters. The maximum Gasteiger partial charge on any atom is 0.277 e. The number of anilines is 4. The first-order valence-corrected chi connectivity index (χ1v) is 11.4. The van der Waals surface area contributed by atoms with Crippen molar-refractivity contribution < 1.29 is 4.79 Å². The lowest BCUT2D eigenvalue weighted by molar-refractivity contribution is 0.102. The predicted molar refractivity (Wildman–Crippen MR) is 132 cm³/mol. The standard InChI is InChI=1S/C25H26N8O/c1-18-16-23(32-14-6-3-7-15-32)30-25(27-18)29-20-12-10-19(11-13-20)28-24(34)22-17-26-33(31-22)21-8-4-2-5-9-21/h2,4-5,8-13,16-17H,3,6-7,14-15H2,1H3,(H,28,34)(H,27,29,30). The second-order valence-corrected chi connectivity index (χ2v) is 8.25. The van der Waals surface area contributed by atoms with E-state index in [0.29, 0.717) is 11.6 Å². The molecule has 3 heterocycles. The van der Waals surface area contributed by atoms with E-state index in [0.717, 1.165) is 36.0 Å². The number of carbonyl (C=O) groups excluding carboxylic acids is 1. The number of nitrogens with one attached hydrogen (secondary N) is 2. The van der Waals surface area contributed by atoms with Gasteiger partial charge in [0.2, 0.25) is 5.95 Å². The van der Waals surface area contributed by atoms with E-state index in [1.807, 2.05) is 67.6 Å². The van der Waals surface area contributed by atoms with Crippen molar-refractivity contribution in [1.82, 2.24) is 25.0 Å². The van der Waals surface area contributed by atoms with E-state index in [2.05, 4.69) is 30.7 Å². The summed E-state index contributed by atoms with van der Waals surface area (Å²) in [5.41, 5.74) is 3.45. The van der Waals surface area contributed by atoms with Crippen LogP contribution in [-0.4, -0.2) is 44.0 Å². The minimum Gasteiger partial charge on any atom is -0.356 e. The van der Waals surface area contributed by atoms with Crippen molar-refractivity contribution in [3.05, 3.63) is 78.2 Å². The predicted octanol–water partition coefficient (Wildman–Crippen LogP) is 4.35. The smallest absolute Gasteiger partial charge is 0.277 e. The summed E-state index contributed by atoms with van der Waals surface area (Å²) < 4.78 is 0. The molecule has 2 aromatic carbocycles. The van der Waals surface area contributed by atoms with Crippen molar-refractivity contribution in [2.45, 2.75) is 26.2 Å². The molecule has 4 aromatic rings. The Hall–Kier alpha value is -4.27. The van der Waals surface area contributed by atoms with E-state index < -0.39 is 0 Å². The van der Waals surface area contributed by atoms with Crippen LogP contribution in [0.25, 0.3) is 5.69 Å². The number of hydrogen-bond donors (Lipinski definition) is 2. The Labute approximate surface area is 197 Å². The molecule has 2 aromatic heterocycles. The molecule has 172 valence electrons. The lowest BCUT2D eigenvalue weighted by Crippen LogP contribution is -2.30. The van der Waals surface area contributed by atoms with E-state index in [9.17, 15) is 4.79 Å². The quantitative estimate of drug-likeness (QED) is 0.447. The Bertz CT molecular complexity index is 1260. The zero-order chi connectivity index (χ0) is 23.3. The molecule has 1 saturated heterocycles. The summed E-state index contributed by atoms with van der Waals surface area (Å²) in [6.07, 6.45) is 5.12. The van der Waals surface area contributed by atoms with E-state index in [4.69, 9.17) is 4.98 Å². The van der Waals surface area contributed by atoms with Crippen molar-refractivity contribution in [1.29, 1.82) is 0 Å². The van der Waals surface area contributed by atoms with Gasteiger partial charge in [0.15, 0.2) is 5.69 Å². The molecule has 34 heavy (non-hydrogen) atoms. The first-order chi connectivity index (χ1) is 16.6. The maximum atomic E-state index is 12.6. The summed E-state index contributed by atoms with van der Waals surface area (Å²) in [7, 11) is 0. The van der Waals surface area contributed by atoms with E-state index >= 15 is 0 Å². The molecule has 1 aliphatic rings. The third-order valence-corrected chi connectivity index (χ3v) is 5.63. The maximum absolute atomic E-state index is 12.6. The zero-order valence-corrected chi connectivity index (χ0v) is 19.0. The zero-order valence-electron chi connectivity index (χ0n) is 19.0. The topological polar surface area (TPSA) is 101 Å². The van der Waals surface area contributed by atoms with Crippen LogP contribution in [0.3, 0.4) is 0 Å². The molecule has 0 radical (unpaired) electrons. The molecule has 1 fully saturated rings. The third kappa shape index (κ3) is 5.03. The van der Waals surface area contributed by atoms with Crippen LogP contribution < -0.4 is 15.5 Å². The van der Waals surface area contributed by atoms with Crippen LogP contribution in [0.5, 0.6) is 0 Å². The van der Waals surface area contributed by atoms with Gasteiger partial charge in [-0.05, 0) is 62.6 Å². The Morgan fingerprint density at radius 2 is 1.65 bits per heavy atom. The molecule has 0 saturated carbocycles. The van der Waals surface area contributed by atoms with Crippen LogP contribution >= 0.6 is 0 Å². The molecule has 2 N–H and O–H groups in total. The van der Waals surface area contributed by atoms with E-state index in [1.165, 1.54) is 30.3 Å². The average Bonchev–Trinajstić information content (AvgIpc) is 3.37. The van der Waals surface area contributed by atoms with Gasteiger partial charge in [-0.3, -0.25) is 4.79 Å². The van der Waals surface area contributed by atoms with Crippen molar-refractivity contribution >= 4 is 29.0 Å². The molecule has 1 aliphatic heterocycles. The summed E-state index contributed by atoms with van der Waals surface area (Å²) in [5, 5.41) is 14.6. The molecule has 9 nitrogen and oxygen atoms in total. The van der Waals surface area contributed by atoms with Gasteiger partial charge in [-0.25, -0.2) is 4.98 Å². The number of carbonyl (C=O) groups is 1. The summed E-state index contributed by atoms with van der Waals surface area (Å²) >= 11 is 0. The van der Waals surface area contributed by atoms with Gasteiger partial charge in [0.25, 0.3) is 5.91 Å². The van der Waals surface area contributed by atoms with Crippen molar-refractivity contribution in [2.75, 3.05) is 28.6 Å². The van der Waals surface area contributed by atoms with E-state index in [1.54, 1.807) is 0 Å². The first kappa shape index (κ1) is 21.6. The van der Waals surface area contributed by atoms with E-state index in [-0.39, 0.29) is 11.6 Å². The second kappa shape index (κ2) is 9.70. The highest BCUT2D eigenvalue weighted by molar-refractivity contribution is 6.02. The molecule has 0 spiro atoms. The van der Waals surface area contributed by atoms with Crippen molar-refractivity contribution in [3.63, 3.8) is 0 Å². The number of aromatic nitrogens is 5. The fraction of sp³-hybridized carbons (Fsp3) is 0.240. The number of hydrogen-bond acceptors (Lipinski definition) is 7. The Morgan fingerprint density at radius 1 is 0.912 bits per heavy atom. The summed E-state index contributed by atoms with van der Waals surface area (Å²) in [5.74, 6) is 1.20. The number of benzene rings is 2. The molecular weight excluding hydrogens is 428 g/mol. The fourth-order valence-electron chi connectivity index (χ4n) is 3.91. The monoisotopic (exact) mass is 454 g/mol. The number of piperidine rings is 1. The summed E-state index contributed by atoms with van der Waals surface area (Å²) in [4.78, 5) is 25.6. The number of rotatable bonds is 6. The lowest BCUT2D eigenvalue weighted by atomic mass is 10.1. The van der Waals surface area contributed by atoms with Crippen LogP contribution in [-0.2, 0) is 0 Å². The normalized spacial score (nSPS) is 13.5. The fourth-order valence-corrected chi connectivity index (χ4v) is 3.91. The van der Waals surface area contributed by atoms with Gasteiger partial charge in [0.1, 0.15) is 5.82 Å². The molecule has 5 rings (SSSR count). The third-order valence-electron chi connectivity index (χ3n) is 5.63. The molecule has 0 bridgehead atoms. The molecule has 1 amide bonds. The minimum atomic E-state index is -0.323. The Kier molecular flexibility index (Phi) is 6.15. The summed E-state index contributed by atoms with van der Waals surface area (Å²) in [6.45, 7) is 4.04. The van der Waals surface area contributed by atoms with Gasteiger partial charge in [-0.2, -0.15) is 14.9 Å². The van der Waals surface area contributed by atoms with Gasteiger partial charge >= 0.3 is 0 Å². The average molecular weight is 455 g/mol. The number of nitrogens with zero attached hydrogens (tertiary/aromatic N) is 6. The van der Waals surface area contributed by atoms with Crippen LogP contribution in [0.1, 0.15) is 35.4 Å². The number of amides is 1.